The molecule has 1 N–H and O–H groups in total. The fourth-order valence-electron chi connectivity index (χ4n) is 3.30. The largest absolute Gasteiger partial charge is 0.497 e. The second-order valence-corrected chi connectivity index (χ2v) is 6.12. The highest BCUT2D eigenvalue weighted by molar-refractivity contribution is 5.38. The molecule has 2 aromatic heterocycles. The molecule has 1 aliphatic rings. The molecule has 0 unspecified atom stereocenters. The zero-order valence-electron chi connectivity index (χ0n) is 14.2. The van der Waals surface area contributed by atoms with E-state index in [1.165, 1.54) is 11.3 Å². The molecule has 0 radical (unpaired) electrons. The Morgan fingerprint density at radius 2 is 2.04 bits per heavy atom. The molecule has 7 heteroatoms. The molecule has 1 aliphatic heterocycles. The molecule has 3 heterocycles. The molecule has 0 saturated carbocycles. The summed E-state index contributed by atoms with van der Waals surface area (Å²) >= 11 is 0. The van der Waals surface area contributed by atoms with Crippen molar-refractivity contribution >= 4 is 0 Å². The lowest BCUT2D eigenvalue weighted by molar-refractivity contribution is 0.246. The van der Waals surface area contributed by atoms with Gasteiger partial charge in [-0.2, -0.15) is 5.10 Å². The van der Waals surface area contributed by atoms with Crippen molar-refractivity contribution in [2.45, 2.75) is 26.2 Å². The third kappa shape index (κ3) is 3.04. The van der Waals surface area contributed by atoms with Gasteiger partial charge in [0.25, 0.3) is 0 Å². The van der Waals surface area contributed by atoms with E-state index in [0.717, 1.165) is 36.9 Å². The van der Waals surface area contributed by atoms with E-state index >= 15 is 0 Å². The highest BCUT2D eigenvalue weighted by Crippen LogP contribution is 2.25. The molecule has 3 aromatic rings. The van der Waals surface area contributed by atoms with Crippen molar-refractivity contribution in [2.24, 2.45) is 0 Å². The Balaban J connectivity index is 1.50. The highest BCUT2D eigenvalue weighted by Gasteiger charge is 2.24. The molecule has 4 rings (SSSR count). The topological polar surface area (TPSA) is 68.3 Å². The second-order valence-electron chi connectivity index (χ2n) is 6.12. The Morgan fingerprint density at radius 1 is 1.20 bits per heavy atom. The maximum atomic E-state index is 9.15. The lowest BCUT2D eigenvalue weighted by atomic mass is 10.3. The first-order valence-corrected chi connectivity index (χ1v) is 8.32. The Hall–Kier alpha value is -2.64. The normalized spacial score (nSPS) is 14.0. The number of hydrogen-bond donors (Lipinski definition) is 1. The lowest BCUT2D eigenvalue weighted by Crippen LogP contribution is -2.20. The van der Waals surface area contributed by atoms with Gasteiger partial charge in [-0.15, -0.1) is 0 Å². The molecule has 0 aliphatic carbocycles. The molecule has 1 aromatic carbocycles. The Kier molecular flexibility index (Phi) is 4.25. The van der Waals surface area contributed by atoms with E-state index < -0.39 is 0 Å². The first-order valence-electron chi connectivity index (χ1n) is 8.32. The summed E-state index contributed by atoms with van der Waals surface area (Å²) in [6.07, 6.45) is 5.71. The summed E-state index contributed by atoms with van der Waals surface area (Å²) in [7, 11) is 1.67. The van der Waals surface area contributed by atoms with Gasteiger partial charge >= 0.3 is 0 Å². The van der Waals surface area contributed by atoms with Crippen LogP contribution in [-0.4, -0.2) is 43.1 Å². The number of imidazole rings is 1. The summed E-state index contributed by atoms with van der Waals surface area (Å²) < 4.78 is 9.22. The van der Waals surface area contributed by atoms with Gasteiger partial charge in [-0.3, -0.25) is 9.58 Å². The maximum Gasteiger partial charge on any atom is 0.127 e. The van der Waals surface area contributed by atoms with Crippen LogP contribution in [0.15, 0.2) is 42.9 Å². The number of rotatable bonds is 6. The van der Waals surface area contributed by atoms with Gasteiger partial charge in [-0.25, -0.2) is 4.98 Å². The minimum absolute atomic E-state index is 0.107. The number of ether oxygens (including phenoxy) is 1. The fourth-order valence-corrected chi connectivity index (χ4v) is 3.30. The van der Waals surface area contributed by atoms with Crippen LogP contribution in [0, 0.1) is 0 Å². The standard InChI is InChI=1S/C18H21N5O2/c1-25-16-4-2-15(3-5-16)22-7-6-19-18(22)13-21-11-14-10-20-23(8-9-24)17(14)12-21/h2-7,10,24H,8-9,11-13H2,1H3. The van der Waals surface area contributed by atoms with Crippen LogP contribution in [0.2, 0.25) is 0 Å². The van der Waals surface area contributed by atoms with Crippen molar-refractivity contribution in [1.29, 1.82) is 0 Å². The Bertz CT molecular complexity index is 853. The average Bonchev–Trinajstić information content (AvgIpc) is 3.33. The predicted octanol–water partition coefficient (Wildman–Crippen LogP) is 1.59. The van der Waals surface area contributed by atoms with E-state index in [1.54, 1.807) is 7.11 Å². The minimum Gasteiger partial charge on any atom is -0.497 e. The molecule has 25 heavy (non-hydrogen) atoms. The smallest absolute Gasteiger partial charge is 0.127 e. The van der Waals surface area contributed by atoms with Crippen molar-refractivity contribution < 1.29 is 9.84 Å². The maximum absolute atomic E-state index is 9.15. The molecule has 0 spiro atoms. The number of aliphatic hydroxyl groups excluding tert-OH is 1. The van der Waals surface area contributed by atoms with Crippen molar-refractivity contribution in [3.8, 4) is 11.4 Å². The van der Waals surface area contributed by atoms with Crippen molar-refractivity contribution in [3.63, 3.8) is 0 Å². The molecule has 0 atom stereocenters. The third-order valence-electron chi connectivity index (χ3n) is 4.55. The van der Waals surface area contributed by atoms with Crippen LogP contribution in [0.4, 0.5) is 0 Å². The first-order chi connectivity index (χ1) is 12.3. The van der Waals surface area contributed by atoms with Gasteiger partial charge in [0.1, 0.15) is 11.6 Å². The molecule has 7 nitrogen and oxygen atoms in total. The molecule has 0 saturated heterocycles. The van der Waals surface area contributed by atoms with Crippen LogP contribution < -0.4 is 4.74 Å². The number of fused-ring (bicyclic) bond motifs is 1. The van der Waals surface area contributed by atoms with Crippen molar-refractivity contribution in [2.75, 3.05) is 13.7 Å². The molecule has 130 valence electrons. The highest BCUT2D eigenvalue weighted by atomic mass is 16.5. The number of nitrogens with zero attached hydrogens (tertiary/aromatic N) is 5. The summed E-state index contributed by atoms with van der Waals surface area (Å²) in [6.45, 7) is 3.09. The predicted molar refractivity (Wildman–Crippen MR) is 92.4 cm³/mol. The Morgan fingerprint density at radius 3 is 2.80 bits per heavy atom. The summed E-state index contributed by atoms with van der Waals surface area (Å²) in [5, 5.41) is 13.5. The van der Waals surface area contributed by atoms with Crippen LogP contribution in [0.3, 0.4) is 0 Å². The average molecular weight is 339 g/mol. The van der Waals surface area contributed by atoms with E-state index in [0.29, 0.717) is 6.54 Å². The van der Waals surface area contributed by atoms with Gasteiger partial charge in [0.15, 0.2) is 0 Å². The van der Waals surface area contributed by atoms with Gasteiger partial charge in [0.05, 0.1) is 38.7 Å². The summed E-state index contributed by atoms with van der Waals surface area (Å²) in [5.41, 5.74) is 3.49. The lowest BCUT2D eigenvalue weighted by Gasteiger charge is -2.16. The van der Waals surface area contributed by atoms with E-state index in [-0.39, 0.29) is 6.61 Å². The second kappa shape index (κ2) is 6.70. The van der Waals surface area contributed by atoms with Gasteiger partial charge in [-0.05, 0) is 24.3 Å². The summed E-state index contributed by atoms with van der Waals surface area (Å²) in [6, 6.07) is 7.96. The van der Waals surface area contributed by atoms with E-state index in [9.17, 15) is 0 Å². The van der Waals surface area contributed by atoms with Crippen molar-refractivity contribution in [1.82, 2.24) is 24.2 Å². The molecular weight excluding hydrogens is 318 g/mol. The first kappa shape index (κ1) is 15.9. The zero-order valence-corrected chi connectivity index (χ0v) is 14.2. The van der Waals surface area contributed by atoms with E-state index in [1.807, 2.05) is 47.5 Å². The monoisotopic (exact) mass is 339 g/mol. The van der Waals surface area contributed by atoms with Gasteiger partial charge in [0.2, 0.25) is 0 Å². The quantitative estimate of drug-likeness (QED) is 0.739. The van der Waals surface area contributed by atoms with Crippen LogP contribution in [-0.2, 0) is 26.2 Å². The third-order valence-corrected chi connectivity index (χ3v) is 4.55. The van der Waals surface area contributed by atoms with E-state index in [4.69, 9.17) is 9.84 Å². The van der Waals surface area contributed by atoms with Crippen molar-refractivity contribution in [3.05, 3.63) is 59.9 Å². The number of benzene rings is 1. The van der Waals surface area contributed by atoms with Crippen LogP contribution in [0.5, 0.6) is 5.75 Å². The SMILES string of the molecule is COc1ccc(-n2ccnc2CN2Cc3cnn(CCO)c3C2)cc1. The molecular formula is C18H21N5O2. The fraction of sp³-hybridized carbons (Fsp3) is 0.333. The van der Waals surface area contributed by atoms with E-state index in [2.05, 4.69) is 19.5 Å². The summed E-state index contributed by atoms with van der Waals surface area (Å²) in [4.78, 5) is 6.87. The zero-order chi connectivity index (χ0) is 17.2. The molecule has 0 amide bonds. The molecule has 0 fully saturated rings. The van der Waals surface area contributed by atoms with Gasteiger partial charge in [0, 0.05) is 36.7 Å². The van der Waals surface area contributed by atoms with Gasteiger partial charge < -0.3 is 14.4 Å². The Labute approximate surface area is 146 Å². The van der Waals surface area contributed by atoms with Crippen LogP contribution in [0.1, 0.15) is 17.1 Å². The van der Waals surface area contributed by atoms with Gasteiger partial charge in [-0.1, -0.05) is 0 Å². The van der Waals surface area contributed by atoms with Crippen LogP contribution >= 0.6 is 0 Å². The number of hydrogen-bond acceptors (Lipinski definition) is 5. The summed E-state index contributed by atoms with van der Waals surface area (Å²) in [5.74, 6) is 1.84. The minimum atomic E-state index is 0.107. The number of methoxy groups -OCH3 is 1. The molecule has 0 bridgehead atoms. The number of aromatic nitrogens is 4. The number of aliphatic hydroxyl groups is 1. The van der Waals surface area contributed by atoms with Crippen LogP contribution in [0.25, 0.3) is 5.69 Å².